The van der Waals surface area contributed by atoms with Crippen molar-refractivity contribution in [2.75, 3.05) is 40.1 Å². The van der Waals surface area contributed by atoms with E-state index in [9.17, 15) is 24.8 Å². The van der Waals surface area contributed by atoms with Crippen LogP contribution in [-0.2, 0) is 23.9 Å². The summed E-state index contributed by atoms with van der Waals surface area (Å²) in [6, 6.07) is 2.45. The normalized spacial score (nSPS) is 12.6. The molecule has 1 amide bonds. The number of nitro benzene ring substituents is 1. The van der Waals surface area contributed by atoms with Crippen LogP contribution in [0.25, 0.3) is 0 Å². The first-order valence-electron chi connectivity index (χ1n) is 12.8. The molecule has 1 aromatic rings. The smallest absolute Gasteiger partial charge is 0.310 e. The molecule has 0 spiro atoms. The lowest BCUT2D eigenvalue weighted by molar-refractivity contribution is -0.385. The van der Waals surface area contributed by atoms with E-state index in [4.69, 9.17) is 24.8 Å². The van der Waals surface area contributed by atoms with E-state index in [1.807, 2.05) is 27.7 Å². The Kier molecular flexibility index (Phi) is 14.1. The first-order chi connectivity index (χ1) is 18.2. The fourth-order valence-corrected chi connectivity index (χ4v) is 3.56. The molecule has 0 aromatic heterocycles. The lowest BCUT2D eigenvalue weighted by Crippen LogP contribution is -2.35. The fraction of sp³-hybridized carbons (Fsp3) is 0.692. The molecule has 1 atom stereocenters. The van der Waals surface area contributed by atoms with E-state index < -0.39 is 22.4 Å². The standard InChI is InChI=1S/C26H43N3O10/c1-18(24(31)32)19-16-21(35-6)22(17-20(19)29(33)34)36-12-7-8-23(30)28-11-9-25(2,3)37-13-10-26(4,5)38-14-15-39-27/h16-18H,7-15,27H2,1-6H3,(H,28,30)(H,31,32). The van der Waals surface area contributed by atoms with E-state index in [1.54, 1.807) is 0 Å². The number of carboxylic acids is 1. The topological polar surface area (TPSA) is 182 Å². The van der Waals surface area contributed by atoms with Crippen LogP contribution in [0.2, 0.25) is 0 Å². The van der Waals surface area contributed by atoms with Gasteiger partial charge >= 0.3 is 5.97 Å². The minimum atomic E-state index is -1.20. The van der Waals surface area contributed by atoms with Crippen LogP contribution in [0, 0.1) is 10.1 Å². The number of nitrogens with two attached hydrogens (primary N) is 1. The van der Waals surface area contributed by atoms with Crippen molar-refractivity contribution in [3.8, 4) is 11.5 Å². The summed E-state index contributed by atoms with van der Waals surface area (Å²) >= 11 is 0. The third-order valence-electron chi connectivity index (χ3n) is 6.09. The number of amides is 1. The van der Waals surface area contributed by atoms with Crippen LogP contribution >= 0.6 is 0 Å². The van der Waals surface area contributed by atoms with Crippen LogP contribution in [0.4, 0.5) is 5.69 Å². The Bertz CT molecular complexity index is 952. The molecule has 0 saturated carbocycles. The Morgan fingerprint density at radius 1 is 1.05 bits per heavy atom. The van der Waals surface area contributed by atoms with Gasteiger partial charge in [-0.05, 0) is 59.9 Å². The highest BCUT2D eigenvalue weighted by Crippen LogP contribution is 2.38. The minimum Gasteiger partial charge on any atom is -0.493 e. The van der Waals surface area contributed by atoms with Gasteiger partial charge in [0.15, 0.2) is 11.5 Å². The molecule has 13 heteroatoms. The van der Waals surface area contributed by atoms with Gasteiger partial charge in [-0.2, -0.15) is 0 Å². The second-order valence-corrected chi connectivity index (χ2v) is 10.3. The van der Waals surface area contributed by atoms with E-state index in [0.29, 0.717) is 45.6 Å². The summed E-state index contributed by atoms with van der Waals surface area (Å²) in [5.74, 6) is 2.83. The van der Waals surface area contributed by atoms with Crippen LogP contribution in [0.1, 0.15) is 71.8 Å². The number of hydrogen-bond donors (Lipinski definition) is 3. The molecular weight excluding hydrogens is 514 g/mol. The molecule has 0 fully saturated rings. The lowest BCUT2D eigenvalue weighted by Gasteiger charge is -2.29. The summed E-state index contributed by atoms with van der Waals surface area (Å²) in [5.41, 5.74) is -1.18. The number of carbonyl (C=O) groups excluding carboxylic acids is 1. The quantitative estimate of drug-likeness (QED) is 0.121. The van der Waals surface area contributed by atoms with E-state index in [0.717, 1.165) is 6.07 Å². The van der Waals surface area contributed by atoms with Crippen LogP contribution < -0.4 is 20.7 Å². The second-order valence-electron chi connectivity index (χ2n) is 10.3. The zero-order valence-corrected chi connectivity index (χ0v) is 23.7. The highest BCUT2D eigenvalue weighted by atomic mass is 16.6. The maximum absolute atomic E-state index is 12.2. The van der Waals surface area contributed by atoms with Crippen molar-refractivity contribution in [1.82, 2.24) is 5.32 Å². The molecule has 0 aliphatic heterocycles. The predicted octanol–water partition coefficient (Wildman–Crippen LogP) is 3.33. The molecule has 0 heterocycles. The van der Waals surface area contributed by atoms with Gasteiger partial charge in [-0.15, -0.1) is 0 Å². The van der Waals surface area contributed by atoms with Gasteiger partial charge in [0, 0.05) is 18.5 Å². The summed E-state index contributed by atoms with van der Waals surface area (Å²) in [7, 11) is 1.36. The average Bonchev–Trinajstić information content (AvgIpc) is 2.85. The number of carboxylic acid groups (broad SMARTS) is 1. The van der Waals surface area contributed by atoms with Crippen LogP contribution in [0.5, 0.6) is 11.5 Å². The SMILES string of the molecule is COc1cc(C(C)C(=O)O)c([N+](=O)[O-])cc1OCCCC(=O)NCCC(C)(C)OCCC(C)(C)OCCON. The van der Waals surface area contributed by atoms with Crippen molar-refractivity contribution < 1.29 is 43.4 Å². The Morgan fingerprint density at radius 3 is 2.28 bits per heavy atom. The maximum Gasteiger partial charge on any atom is 0.310 e. The van der Waals surface area contributed by atoms with Crippen LogP contribution in [0.15, 0.2) is 12.1 Å². The largest absolute Gasteiger partial charge is 0.493 e. The number of carbonyl (C=O) groups is 2. The molecule has 13 nitrogen and oxygen atoms in total. The van der Waals surface area contributed by atoms with Crippen LogP contribution in [0.3, 0.4) is 0 Å². The van der Waals surface area contributed by atoms with Gasteiger partial charge in [0.25, 0.3) is 5.69 Å². The summed E-state index contributed by atoms with van der Waals surface area (Å²) < 4.78 is 22.6. The molecule has 0 bridgehead atoms. The molecule has 4 N–H and O–H groups in total. The highest BCUT2D eigenvalue weighted by Gasteiger charge is 2.27. The monoisotopic (exact) mass is 557 g/mol. The number of aliphatic carboxylic acids is 1. The third kappa shape index (κ3) is 12.6. The predicted molar refractivity (Wildman–Crippen MR) is 143 cm³/mol. The summed E-state index contributed by atoms with van der Waals surface area (Å²) in [6.07, 6.45) is 1.85. The van der Waals surface area contributed by atoms with Crippen molar-refractivity contribution in [2.24, 2.45) is 5.90 Å². The molecule has 0 aliphatic carbocycles. The Labute approximate surface area is 229 Å². The van der Waals surface area contributed by atoms with Gasteiger partial charge < -0.3 is 34.2 Å². The highest BCUT2D eigenvalue weighted by molar-refractivity contribution is 5.78. The van der Waals surface area contributed by atoms with Crippen molar-refractivity contribution in [1.29, 1.82) is 0 Å². The van der Waals surface area contributed by atoms with Crippen LogP contribution in [-0.4, -0.2) is 73.2 Å². The van der Waals surface area contributed by atoms with E-state index in [-0.39, 0.29) is 47.3 Å². The molecule has 0 radical (unpaired) electrons. The Morgan fingerprint density at radius 2 is 1.69 bits per heavy atom. The van der Waals surface area contributed by atoms with E-state index in [1.165, 1.54) is 20.1 Å². The van der Waals surface area contributed by atoms with E-state index in [2.05, 4.69) is 10.2 Å². The van der Waals surface area contributed by atoms with Crippen molar-refractivity contribution >= 4 is 17.6 Å². The zero-order valence-electron chi connectivity index (χ0n) is 23.7. The third-order valence-corrected chi connectivity index (χ3v) is 6.09. The van der Waals surface area contributed by atoms with Crippen molar-refractivity contribution in [2.45, 2.75) is 77.4 Å². The molecule has 1 unspecified atom stereocenters. The minimum absolute atomic E-state index is 0.0117. The van der Waals surface area contributed by atoms with Gasteiger partial charge in [0.2, 0.25) is 5.91 Å². The van der Waals surface area contributed by atoms with Gasteiger partial charge in [-0.3, -0.25) is 19.7 Å². The fourth-order valence-electron chi connectivity index (χ4n) is 3.56. The first-order valence-corrected chi connectivity index (χ1v) is 12.8. The average molecular weight is 558 g/mol. The summed E-state index contributed by atoms with van der Waals surface area (Å²) in [6.45, 7) is 11.0. The molecule has 222 valence electrons. The van der Waals surface area contributed by atoms with Gasteiger partial charge in [-0.1, -0.05) is 0 Å². The summed E-state index contributed by atoms with van der Waals surface area (Å²) in [4.78, 5) is 38.9. The number of hydrogen-bond acceptors (Lipinski definition) is 10. The number of nitrogens with one attached hydrogen (secondary N) is 1. The first kappa shape index (κ1) is 34.0. The van der Waals surface area contributed by atoms with Gasteiger partial charge in [0.05, 0.1) is 61.6 Å². The molecular formula is C26H43N3O10. The Balaban J connectivity index is 2.47. The Hall–Kier alpha value is -3.00. The molecule has 0 saturated heterocycles. The molecule has 39 heavy (non-hydrogen) atoms. The number of nitro groups is 1. The number of rotatable bonds is 20. The zero-order chi connectivity index (χ0) is 29.6. The number of methoxy groups -OCH3 is 1. The number of nitrogens with zero attached hydrogens (tertiary/aromatic N) is 1. The number of ether oxygens (including phenoxy) is 4. The molecule has 1 rings (SSSR count). The van der Waals surface area contributed by atoms with Crippen molar-refractivity contribution in [3.63, 3.8) is 0 Å². The maximum atomic E-state index is 12.2. The molecule has 1 aromatic carbocycles. The summed E-state index contributed by atoms with van der Waals surface area (Å²) in [5, 5.41) is 23.6. The lowest BCUT2D eigenvalue weighted by atomic mass is 9.98. The van der Waals surface area contributed by atoms with E-state index >= 15 is 0 Å². The number of benzene rings is 1. The van der Waals surface area contributed by atoms with Gasteiger partial charge in [0.1, 0.15) is 0 Å². The van der Waals surface area contributed by atoms with Gasteiger partial charge in [-0.25, -0.2) is 5.90 Å². The second kappa shape index (κ2) is 16.2. The molecule has 0 aliphatic rings. The van der Waals surface area contributed by atoms with Crippen molar-refractivity contribution in [3.05, 3.63) is 27.8 Å².